The molecular formula is C20H25NO4. The zero-order chi connectivity index (χ0) is 18.0. The zero-order valence-corrected chi connectivity index (χ0v) is 14.9. The third kappa shape index (κ3) is 3.75. The molecule has 2 amide bonds. The SMILES string of the molecule is CC(C)c1cccc(OC(=O)CCN2C(=O)[C@H]3CCCC[C@H]3C2=O)c1. The number of esters is 1. The van der Waals surface area contributed by atoms with Gasteiger partial charge in [-0.2, -0.15) is 0 Å². The van der Waals surface area contributed by atoms with Gasteiger partial charge >= 0.3 is 5.97 Å². The Bertz CT molecular complexity index is 658. The second-order valence-electron chi connectivity index (χ2n) is 7.28. The van der Waals surface area contributed by atoms with Crippen LogP contribution in [0.3, 0.4) is 0 Å². The molecule has 1 aromatic carbocycles. The summed E-state index contributed by atoms with van der Waals surface area (Å²) in [6.45, 7) is 4.27. The van der Waals surface area contributed by atoms with Crippen LogP contribution in [0.1, 0.15) is 57.4 Å². The predicted molar refractivity (Wildman–Crippen MR) is 93.0 cm³/mol. The second kappa shape index (κ2) is 7.38. The summed E-state index contributed by atoms with van der Waals surface area (Å²) in [5, 5.41) is 0. The van der Waals surface area contributed by atoms with Crippen LogP contribution >= 0.6 is 0 Å². The van der Waals surface area contributed by atoms with Gasteiger partial charge in [-0.1, -0.05) is 38.8 Å². The Labute approximate surface area is 148 Å². The number of fused-ring (bicyclic) bond motifs is 1. The molecule has 1 saturated heterocycles. The smallest absolute Gasteiger partial charge is 0.312 e. The van der Waals surface area contributed by atoms with E-state index in [1.807, 2.05) is 18.2 Å². The second-order valence-corrected chi connectivity index (χ2v) is 7.28. The van der Waals surface area contributed by atoms with Gasteiger partial charge in [0, 0.05) is 6.54 Å². The van der Waals surface area contributed by atoms with Gasteiger partial charge in [-0.25, -0.2) is 0 Å². The molecule has 1 heterocycles. The van der Waals surface area contributed by atoms with Crippen molar-refractivity contribution in [2.75, 3.05) is 6.54 Å². The van der Waals surface area contributed by atoms with E-state index >= 15 is 0 Å². The molecule has 5 heteroatoms. The Morgan fingerprint density at radius 1 is 1.16 bits per heavy atom. The number of carbonyl (C=O) groups is 3. The summed E-state index contributed by atoms with van der Waals surface area (Å²) in [5.41, 5.74) is 1.10. The number of hydrogen-bond acceptors (Lipinski definition) is 4. The first-order valence-electron chi connectivity index (χ1n) is 9.13. The summed E-state index contributed by atoms with van der Waals surface area (Å²) in [6.07, 6.45) is 3.61. The lowest BCUT2D eigenvalue weighted by atomic mass is 9.81. The van der Waals surface area contributed by atoms with Crippen molar-refractivity contribution in [1.29, 1.82) is 0 Å². The average molecular weight is 343 g/mol. The highest BCUT2D eigenvalue weighted by molar-refractivity contribution is 6.05. The fourth-order valence-electron chi connectivity index (χ4n) is 3.77. The first-order valence-corrected chi connectivity index (χ1v) is 9.13. The fraction of sp³-hybridized carbons (Fsp3) is 0.550. The summed E-state index contributed by atoms with van der Waals surface area (Å²) in [6, 6.07) is 7.44. The lowest BCUT2D eigenvalue weighted by Crippen LogP contribution is -2.33. The topological polar surface area (TPSA) is 63.7 Å². The number of hydrogen-bond donors (Lipinski definition) is 0. The minimum absolute atomic E-state index is 0.0306. The Morgan fingerprint density at radius 3 is 2.40 bits per heavy atom. The highest BCUT2D eigenvalue weighted by atomic mass is 16.5. The monoisotopic (exact) mass is 343 g/mol. The van der Waals surface area contributed by atoms with Gasteiger partial charge in [-0.3, -0.25) is 19.3 Å². The molecule has 2 fully saturated rings. The zero-order valence-electron chi connectivity index (χ0n) is 14.9. The van der Waals surface area contributed by atoms with Crippen LogP contribution in [0.4, 0.5) is 0 Å². The van der Waals surface area contributed by atoms with Crippen LogP contribution in [0.15, 0.2) is 24.3 Å². The molecule has 0 unspecified atom stereocenters. The molecule has 3 rings (SSSR count). The number of rotatable bonds is 5. The molecule has 0 spiro atoms. The quantitative estimate of drug-likeness (QED) is 0.467. The van der Waals surface area contributed by atoms with E-state index in [0.29, 0.717) is 11.7 Å². The first-order chi connectivity index (χ1) is 12.0. The molecule has 1 aliphatic heterocycles. The van der Waals surface area contributed by atoms with Crippen LogP contribution in [0.5, 0.6) is 5.75 Å². The van der Waals surface area contributed by atoms with Crippen molar-refractivity contribution in [3.05, 3.63) is 29.8 Å². The van der Waals surface area contributed by atoms with Crippen molar-refractivity contribution < 1.29 is 19.1 Å². The van der Waals surface area contributed by atoms with Gasteiger partial charge in [0.1, 0.15) is 5.75 Å². The van der Waals surface area contributed by atoms with E-state index in [9.17, 15) is 14.4 Å². The lowest BCUT2D eigenvalue weighted by Gasteiger charge is -2.19. The maximum Gasteiger partial charge on any atom is 0.312 e. The van der Waals surface area contributed by atoms with Crippen LogP contribution < -0.4 is 4.74 Å². The van der Waals surface area contributed by atoms with E-state index in [1.165, 1.54) is 4.90 Å². The number of likely N-dealkylation sites (tertiary alicyclic amines) is 1. The van der Waals surface area contributed by atoms with E-state index in [1.54, 1.807) is 6.07 Å². The predicted octanol–water partition coefficient (Wildman–Crippen LogP) is 3.28. The Hall–Kier alpha value is -2.17. The third-order valence-electron chi connectivity index (χ3n) is 5.23. The maximum atomic E-state index is 12.4. The molecule has 0 radical (unpaired) electrons. The van der Waals surface area contributed by atoms with Crippen LogP contribution in [-0.2, 0) is 14.4 Å². The first kappa shape index (κ1) is 17.6. The Kier molecular flexibility index (Phi) is 5.21. The van der Waals surface area contributed by atoms with Crippen molar-refractivity contribution in [3.8, 4) is 5.75 Å². The van der Waals surface area contributed by atoms with Crippen molar-refractivity contribution in [3.63, 3.8) is 0 Å². The van der Waals surface area contributed by atoms with Crippen molar-refractivity contribution in [2.24, 2.45) is 11.8 Å². The number of carbonyl (C=O) groups excluding carboxylic acids is 3. The minimum atomic E-state index is -0.420. The molecule has 2 atom stereocenters. The summed E-state index contributed by atoms with van der Waals surface area (Å²) >= 11 is 0. The number of ether oxygens (including phenoxy) is 1. The molecule has 1 saturated carbocycles. The van der Waals surface area contributed by atoms with Crippen molar-refractivity contribution in [1.82, 2.24) is 4.90 Å². The molecule has 25 heavy (non-hydrogen) atoms. The van der Waals surface area contributed by atoms with Gasteiger partial charge in [0.2, 0.25) is 11.8 Å². The van der Waals surface area contributed by atoms with E-state index in [0.717, 1.165) is 31.2 Å². The van der Waals surface area contributed by atoms with Crippen LogP contribution in [0, 0.1) is 11.8 Å². The Balaban J connectivity index is 1.56. The van der Waals surface area contributed by atoms with Gasteiger partial charge in [-0.15, -0.1) is 0 Å². The van der Waals surface area contributed by atoms with Crippen LogP contribution in [-0.4, -0.2) is 29.2 Å². The molecule has 134 valence electrons. The average Bonchev–Trinajstić information content (AvgIpc) is 2.85. The van der Waals surface area contributed by atoms with Crippen LogP contribution in [0.2, 0.25) is 0 Å². The molecule has 1 aromatic rings. The normalized spacial score (nSPS) is 23.1. The molecule has 0 bridgehead atoms. The number of nitrogens with zero attached hydrogens (tertiary/aromatic N) is 1. The van der Waals surface area contributed by atoms with Crippen molar-refractivity contribution >= 4 is 17.8 Å². The highest BCUT2D eigenvalue weighted by Gasteiger charge is 2.47. The van der Waals surface area contributed by atoms with E-state index < -0.39 is 5.97 Å². The van der Waals surface area contributed by atoms with Gasteiger partial charge in [0.15, 0.2) is 0 Å². The summed E-state index contributed by atoms with van der Waals surface area (Å²) < 4.78 is 5.37. The standard InChI is InChI=1S/C20H25NO4/c1-13(2)14-6-5-7-15(12-14)25-18(22)10-11-21-19(23)16-8-3-4-9-17(16)20(21)24/h5-7,12-13,16-17H,3-4,8-11H2,1-2H3/t16-,17+. The lowest BCUT2D eigenvalue weighted by molar-refractivity contribution is -0.141. The van der Waals surface area contributed by atoms with Gasteiger partial charge < -0.3 is 4.74 Å². The third-order valence-corrected chi connectivity index (χ3v) is 5.23. The minimum Gasteiger partial charge on any atom is -0.426 e. The molecule has 0 aromatic heterocycles. The van der Waals surface area contributed by atoms with Crippen molar-refractivity contribution in [2.45, 2.75) is 51.9 Å². The largest absolute Gasteiger partial charge is 0.426 e. The fourth-order valence-corrected chi connectivity index (χ4v) is 3.77. The van der Waals surface area contributed by atoms with E-state index in [-0.39, 0.29) is 36.6 Å². The highest BCUT2D eigenvalue weighted by Crippen LogP contribution is 2.38. The summed E-state index contributed by atoms with van der Waals surface area (Å²) in [4.78, 5) is 38.2. The maximum absolute atomic E-state index is 12.4. The van der Waals surface area contributed by atoms with Gasteiger partial charge in [0.05, 0.1) is 18.3 Å². The van der Waals surface area contributed by atoms with E-state index in [2.05, 4.69) is 13.8 Å². The summed E-state index contributed by atoms with van der Waals surface area (Å²) in [5.74, 6) is -0.115. The molecule has 0 N–H and O–H groups in total. The van der Waals surface area contributed by atoms with Gasteiger partial charge in [0.25, 0.3) is 0 Å². The number of benzene rings is 1. The molecule has 1 aliphatic carbocycles. The number of imide groups is 1. The Morgan fingerprint density at radius 2 is 1.80 bits per heavy atom. The van der Waals surface area contributed by atoms with Crippen LogP contribution in [0.25, 0.3) is 0 Å². The molecular weight excluding hydrogens is 318 g/mol. The molecule has 5 nitrogen and oxygen atoms in total. The van der Waals surface area contributed by atoms with E-state index in [4.69, 9.17) is 4.74 Å². The van der Waals surface area contributed by atoms with Gasteiger partial charge in [-0.05, 0) is 36.5 Å². The summed E-state index contributed by atoms with van der Waals surface area (Å²) in [7, 11) is 0. The number of amides is 2. The molecule has 2 aliphatic rings.